The van der Waals surface area contributed by atoms with E-state index in [0.29, 0.717) is 19.8 Å². The normalized spacial score (nSPS) is 12.9. The van der Waals surface area contributed by atoms with Gasteiger partial charge in [-0.15, -0.1) is 0 Å². The molecule has 0 aliphatic carbocycles. The Labute approximate surface area is 98.9 Å². The highest BCUT2D eigenvalue weighted by atomic mass is 16.7. The van der Waals surface area contributed by atoms with Crippen LogP contribution in [-0.2, 0) is 14.2 Å². The average Bonchev–Trinajstić information content (AvgIpc) is 2.31. The SMILES string of the molecule is CCCCOCCOC(CO)OCCCC. The van der Waals surface area contributed by atoms with Crippen LogP contribution in [0.5, 0.6) is 0 Å². The van der Waals surface area contributed by atoms with Crippen LogP contribution < -0.4 is 0 Å². The zero-order valence-corrected chi connectivity index (χ0v) is 10.6. The molecule has 1 atom stereocenters. The van der Waals surface area contributed by atoms with Gasteiger partial charge in [-0.2, -0.15) is 0 Å². The van der Waals surface area contributed by atoms with E-state index in [9.17, 15) is 0 Å². The van der Waals surface area contributed by atoms with E-state index in [1.165, 1.54) is 0 Å². The molecule has 4 heteroatoms. The zero-order chi connectivity index (χ0) is 12.1. The minimum Gasteiger partial charge on any atom is -0.391 e. The van der Waals surface area contributed by atoms with Crippen molar-refractivity contribution in [2.75, 3.05) is 33.0 Å². The maximum atomic E-state index is 8.98. The summed E-state index contributed by atoms with van der Waals surface area (Å²) in [5.41, 5.74) is 0. The first-order chi connectivity index (χ1) is 7.85. The second kappa shape index (κ2) is 12.9. The number of aliphatic hydroxyl groups is 1. The van der Waals surface area contributed by atoms with Crippen molar-refractivity contribution in [3.63, 3.8) is 0 Å². The summed E-state index contributed by atoms with van der Waals surface area (Å²) < 4.78 is 16.0. The van der Waals surface area contributed by atoms with Gasteiger partial charge in [0.15, 0.2) is 6.29 Å². The fourth-order valence-corrected chi connectivity index (χ4v) is 1.10. The van der Waals surface area contributed by atoms with Crippen LogP contribution in [0.2, 0.25) is 0 Å². The number of hydrogen-bond acceptors (Lipinski definition) is 4. The summed E-state index contributed by atoms with van der Waals surface area (Å²) in [4.78, 5) is 0. The first-order valence-corrected chi connectivity index (χ1v) is 6.26. The molecular weight excluding hydrogens is 208 g/mol. The number of aliphatic hydroxyl groups excluding tert-OH is 1. The van der Waals surface area contributed by atoms with Gasteiger partial charge >= 0.3 is 0 Å². The fourth-order valence-electron chi connectivity index (χ4n) is 1.10. The lowest BCUT2D eigenvalue weighted by molar-refractivity contribution is -0.169. The molecule has 0 radical (unpaired) electrons. The zero-order valence-electron chi connectivity index (χ0n) is 10.6. The summed E-state index contributed by atoms with van der Waals surface area (Å²) in [5, 5.41) is 8.98. The van der Waals surface area contributed by atoms with Gasteiger partial charge in [-0.25, -0.2) is 0 Å². The molecule has 4 nitrogen and oxygen atoms in total. The Morgan fingerprint density at radius 1 is 0.875 bits per heavy atom. The smallest absolute Gasteiger partial charge is 0.180 e. The van der Waals surface area contributed by atoms with E-state index >= 15 is 0 Å². The van der Waals surface area contributed by atoms with Gasteiger partial charge in [0.25, 0.3) is 0 Å². The molecule has 98 valence electrons. The minimum atomic E-state index is -0.499. The lowest BCUT2D eigenvalue weighted by atomic mass is 10.4. The lowest BCUT2D eigenvalue weighted by Gasteiger charge is -2.16. The molecule has 0 fully saturated rings. The molecule has 16 heavy (non-hydrogen) atoms. The first kappa shape index (κ1) is 15.8. The quantitative estimate of drug-likeness (QED) is 0.414. The largest absolute Gasteiger partial charge is 0.391 e. The Hall–Kier alpha value is -0.160. The van der Waals surface area contributed by atoms with Gasteiger partial charge in [0.2, 0.25) is 0 Å². The van der Waals surface area contributed by atoms with Crippen LogP contribution in [0.3, 0.4) is 0 Å². The van der Waals surface area contributed by atoms with E-state index in [2.05, 4.69) is 13.8 Å². The summed E-state index contributed by atoms with van der Waals surface area (Å²) in [5.74, 6) is 0. The highest BCUT2D eigenvalue weighted by molar-refractivity contribution is 4.42. The molecule has 0 bridgehead atoms. The highest BCUT2D eigenvalue weighted by Gasteiger charge is 2.06. The summed E-state index contributed by atoms with van der Waals surface area (Å²) >= 11 is 0. The van der Waals surface area contributed by atoms with Gasteiger partial charge in [0, 0.05) is 13.2 Å². The molecule has 0 saturated heterocycles. The third-order valence-corrected chi connectivity index (χ3v) is 2.12. The van der Waals surface area contributed by atoms with E-state index in [1.807, 2.05) is 0 Å². The fraction of sp³-hybridized carbons (Fsp3) is 1.00. The van der Waals surface area contributed by atoms with Crippen LogP contribution in [0.4, 0.5) is 0 Å². The summed E-state index contributed by atoms with van der Waals surface area (Å²) in [6, 6.07) is 0. The Bertz CT molecular complexity index is 130. The van der Waals surface area contributed by atoms with E-state index in [0.717, 1.165) is 32.3 Å². The van der Waals surface area contributed by atoms with Gasteiger partial charge in [0.05, 0.1) is 19.8 Å². The monoisotopic (exact) mass is 234 g/mol. The second-order valence-corrected chi connectivity index (χ2v) is 3.67. The topological polar surface area (TPSA) is 47.9 Å². The van der Waals surface area contributed by atoms with Crippen LogP contribution in [0.1, 0.15) is 39.5 Å². The molecule has 1 unspecified atom stereocenters. The number of rotatable bonds is 12. The van der Waals surface area contributed by atoms with Crippen molar-refractivity contribution in [2.24, 2.45) is 0 Å². The first-order valence-electron chi connectivity index (χ1n) is 6.26. The molecule has 0 aromatic heterocycles. The van der Waals surface area contributed by atoms with Crippen LogP contribution in [0.15, 0.2) is 0 Å². The molecule has 1 N–H and O–H groups in total. The highest BCUT2D eigenvalue weighted by Crippen LogP contribution is 1.97. The predicted molar refractivity (Wildman–Crippen MR) is 63.4 cm³/mol. The predicted octanol–water partition coefficient (Wildman–Crippen LogP) is 1.95. The van der Waals surface area contributed by atoms with E-state index in [1.54, 1.807) is 0 Å². The molecule has 0 aliphatic heterocycles. The van der Waals surface area contributed by atoms with Gasteiger partial charge in [-0.3, -0.25) is 0 Å². The standard InChI is InChI=1S/C12H26O4/c1-3-5-7-14-9-10-16-12(11-13)15-8-6-4-2/h12-13H,3-11H2,1-2H3. The second-order valence-electron chi connectivity index (χ2n) is 3.67. The maximum Gasteiger partial charge on any atom is 0.180 e. The Balaban J connectivity index is 3.26. The Morgan fingerprint density at radius 2 is 1.50 bits per heavy atom. The van der Waals surface area contributed by atoms with Crippen molar-refractivity contribution in [3.05, 3.63) is 0 Å². The molecule has 0 aliphatic rings. The van der Waals surface area contributed by atoms with Gasteiger partial charge in [-0.05, 0) is 12.8 Å². The van der Waals surface area contributed by atoms with Crippen molar-refractivity contribution in [3.8, 4) is 0 Å². The summed E-state index contributed by atoms with van der Waals surface area (Å²) in [6.07, 6.45) is 3.79. The van der Waals surface area contributed by atoms with E-state index in [4.69, 9.17) is 19.3 Å². The Kier molecular flexibility index (Phi) is 12.8. The average molecular weight is 234 g/mol. The summed E-state index contributed by atoms with van der Waals surface area (Å²) in [6.45, 7) is 6.58. The Morgan fingerprint density at radius 3 is 2.12 bits per heavy atom. The third-order valence-electron chi connectivity index (χ3n) is 2.12. The minimum absolute atomic E-state index is 0.0985. The van der Waals surface area contributed by atoms with E-state index < -0.39 is 6.29 Å². The molecular formula is C12H26O4. The van der Waals surface area contributed by atoms with Gasteiger partial charge < -0.3 is 19.3 Å². The van der Waals surface area contributed by atoms with Crippen LogP contribution in [-0.4, -0.2) is 44.4 Å². The molecule has 0 amide bonds. The number of ether oxygens (including phenoxy) is 3. The van der Waals surface area contributed by atoms with Crippen molar-refractivity contribution >= 4 is 0 Å². The number of unbranched alkanes of at least 4 members (excludes halogenated alkanes) is 2. The van der Waals surface area contributed by atoms with Crippen LogP contribution in [0.25, 0.3) is 0 Å². The lowest BCUT2D eigenvalue weighted by Crippen LogP contribution is -2.24. The summed E-state index contributed by atoms with van der Waals surface area (Å²) in [7, 11) is 0. The molecule has 0 aromatic rings. The van der Waals surface area contributed by atoms with Crippen molar-refractivity contribution < 1.29 is 19.3 Å². The third kappa shape index (κ3) is 10.4. The van der Waals surface area contributed by atoms with Crippen molar-refractivity contribution in [1.29, 1.82) is 0 Å². The van der Waals surface area contributed by atoms with Gasteiger partial charge in [-0.1, -0.05) is 26.7 Å². The molecule has 0 saturated carbocycles. The molecule has 0 spiro atoms. The van der Waals surface area contributed by atoms with Crippen LogP contribution in [0, 0.1) is 0 Å². The number of hydrogen-bond donors (Lipinski definition) is 1. The van der Waals surface area contributed by atoms with Gasteiger partial charge in [0.1, 0.15) is 0 Å². The van der Waals surface area contributed by atoms with Crippen LogP contribution >= 0.6 is 0 Å². The molecule has 0 rings (SSSR count). The van der Waals surface area contributed by atoms with Crippen molar-refractivity contribution in [2.45, 2.75) is 45.8 Å². The molecule has 0 aromatic carbocycles. The van der Waals surface area contributed by atoms with E-state index in [-0.39, 0.29) is 6.61 Å². The van der Waals surface area contributed by atoms with Crippen molar-refractivity contribution in [1.82, 2.24) is 0 Å². The maximum absolute atomic E-state index is 8.98. The molecule has 0 heterocycles.